The predicted molar refractivity (Wildman–Crippen MR) is 68.4 cm³/mol. The lowest BCUT2D eigenvalue weighted by molar-refractivity contribution is 0.564. The first-order valence-electron chi connectivity index (χ1n) is 5.47. The highest BCUT2D eigenvalue weighted by molar-refractivity contribution is 9.10. The van der Waals surface area contributed by atoms with Crippen LogP contribution in [-0.4, -0.2) is 26.2 Å². The van der Waals surface area contributed by atoms with E-state index in [1.807, 2.05) is 0 Å². The van der Waals surface area contributed by atoms with Crippen LogP contribution in [0.5, 0.6) is 0 Å². The molecular weight excluding hydrogens is 252 g/mol. The van der Waals surface area contributed by atoms with Crippen LogP contribution in [0.3, 0.4) is 0 Å². The Hall–Kier alpha value is -0.540. The van der Waals surface area contributed by atoms with Crippen molar-refractivity contribution >= 4 is 21.6 Å². The average molecular weight is 269 g/mol. The van der Waals surface area contributed by atoms with Gasteiger partial charge < -0.3 is 10.2 Å². The number of hydrogen-bond donors (Lipinski definition) is 1. The van der Waals surface area contributed by atoms with Gasteiger partial charge in [0.2, 0.25) is 0 Å². The molecule has 0 spiro atoms. The van der Waals surface area contributed by atoms with E-state index in [1.54, 1.807) is 0 Å². The number of hydrogen-bond acceptors (Lipinski definition) is 2. The molecule has 0 saturated carbocycles. The van der Waals surface area contributed by atoms with Gasteiger partial charge in [-0.05, 0) is 36.7 Å². The largest absolute Gasteiger partial charge is 0.370 e. The van der Waals surface area contributed by atoms with Gasteiger partial charge in [-0.25, -0.2) is 0 Å². The maximum absolute atomic E-state index is 3.47. The van der Waals surface area contributed by atoms with Gasteiger partial charge in [-0.2, -0.15) is 0 Å². The Morgan fingerprint density at radius 1 is 1.33 bits per heavy atom. The molecule has 2 rings (SSSR count). The van der Waals surface area contributed by atoms with E-state index >= 15 is 0 Å². The lowest BCUT2D eigenvalue weighted by Gasteiger charge is -2.24. The van der Waals surface area contributed by atoms with Gasteiger partial charge in [0.25, 0.3) is 0 Å². The summed E-state index contributed by atoms with van der Waals surface area (Å²) in [6, 6.07) is 8.58. The summed E-state index contributed by atoms with van der Waals surface area (Å²) in [5.74, 6) is 0.719. The van der Waals surface area contributed by atoms with E-state index in [-0.39, 0.29) is 0 Å². The van der Waals surface area contributed by atoms with Gasteiger partial charge in [-0.15, -0.1) is 0 Å². The zero-order valence-electron chi connectivity index (χ0n) is 9.04. The van der Waals surface area contributed by atoms with E-state index < -0.39 is 0 Å². The molecule has 0 aliphatic carbocycles. The number of halogens is 1. The second-order valence-corrected chi connectivity index (χ2v) is 5.15. The van der Waals surface area contributed by atoms with Gasteiger partial charge in [-0.1, -0.05) is 22.9 Å². The highest BCUT2D eigenvalue weighted by Gasteiger charge is 2.14. The molecule has 1 N–H and O–H groups in total. The van der Waals surface area contributed by atoms with E-state index in [1.165, 1.54) is 5.69 Å². The molecule has 0 bridgehead atoms. The molecule has 1 fully saturated rings. The van der Waals surface area contributed by atoms with Crippen molar-refractivity contribution in [2.24, 2.45) is 5.92 Å². The van der Waals surface area contributed by atoms with Crippen molar-refractivity contribution in [1.29, 1.82) is 0 Å². The number of nitrogens with one attached hydrogen (secondary N) is 1. The second kappa shape index (κ2) is 4.99. The van der Waals surface area contributed by atoms with Gasteiger partial charge >= 0.3 is 0 Å². The topological polar surface area (TPSA) is 15.3 Å². The number of anilines is 1. The van der Waals surface area contributed by atoms with Crippen molar-refractivity contribution in [3.63, 3.8) is 0 Å². The monoisotopic (exact) mass is 268 g/mol. The lowest BCUT2D eigenvalue weighted by Crippen LogP contribution is -2.29. The summed E-state index contributed by atoms with van der Waals surface area (Å²) < 4.78 is 1.15. The van der Waals surface area contributed by atoms with Crippen molar-refractivity contribution < 1.29 is 0 Å². The molecule has 0 radical (unpaired) electrons. The zero-order valence-corrected chi connectivity index (χ0v) is 10.6. The Morgan fingerprint density at radius 2 is 2.07 bits per heavy atom. The fraction of sp³-hybridized carbons (Fsp3) is 0.500. The van der Waals surface area contributed by atoms with Crippen molar-refractivity contribution in [2.45, 2.75) is 6.92 Å². The third-order valence-electron chi connectivity index (χ3n) is 2.78. The summed E-state index contributed by atoms with van der Waals surface area (Å²) in [6.45, 7) is 6.76. The van der Waals surface area contributed by atoms with Crippen molar-refractivity contribution in [2.75, 3.05) is 31.1 Å². The van der Waals surface area contributed by atoms with Gasteiger partial charge in [0, 0.05) is 29.8 Å². The molecule has 3 heteroatoms. The Kier molecular flexibility index (Phi) is 3.65. The van der Waals surface area contributed by atoms with Crippen LogP contribution in [0.25, 0.3) is 0 Å². The standard InChI is InChI=1S/C12H17BrN2/c1-10-8-14-6-7-15(9-10)12-4-2-11(13)3-5-12/h2-5,10,14H,6-9H2,1H3. The van der Waals surface area contributed by atoms with Gasteiger partial charge in [0.15, 0.2) is 0 Å². The fourth-order valence-electron chi connectivity index (χ4n) is 1.98. The molecule has 1 atom stereocenters. The molecule has 1 heterocycles. The third-order valence-corrected chi connectivity index (χ3v) is 3.30. The summed E-state index contributed by atoms with van der Waals surface area (Å²) in [5, 5.41) is 3.46. The minimum Gasteiger partial charge on any atom is -0.370 e. The summed E-state index contributed by atoms with van der Waals surface area (Å²) >= 11 is 3.47. The number of nitrogens with zero attached hydrogens (tertiary/aromatic N) is 1. The molecular formula is C12H17BrN2. The van der Waals surface area contributed by atoms with Crippen LogP contribution in [0.1, 0.15) is 6.92 Å². The molecule has 0 amide bonds. The maximum Gasteiger partial charge on any atom is 0.0367 e. The summed E-state index contributed by atoms with van der Waals surface area (Å²) in [7, 11) is 0. The van der Waals surface area contributed by atoms with Crippen molar-refractivity contribution in [3.05, 3.63) is 28.7 Å². The van der Waals surface area contributed by atoms with Crippen LogP contribution in [0.2, 0.25) is 0 Å². The molecule has 1 aliphatic rings. The van der Waals surface area contributed by atoms with E-state index in [9.17, 15) is 0 Å². The van der Waals surface area contributed by atoms with Crippen LogP contribution in [0.15, 0.2) is 28.7 Å². The Bertz CT molecular complexity index is 310. The normalized spacial score (nSPS) is 22.5. The van der Waals surface area contributed by atoms with E-state index in [0.29, 0.717) is 0 Å². The summed E-state index contributed by atoms with van der Waals surface area (Å²) in [4.78, 5) is 2.46. The number of rotatable bonds is 1. The Labute approximate surface area is 99.8 Å². The molecule has 2 nitrogen and oxygen atoms in total. The SMILES string of the molecule is CC1CNCCN(c2ccc(Br)cc2)C1. The van der Waals surface area contributed by atoms with Gasteiger partial charge in [0.05, 0.1) is 0 Å². The maximum atomic E-state index is 3.47. The molecule has 1 unspecified atom stereocenters. The molecule has 82 valence electrons. The van der Waals surface area contributed by atoms with E-state index in [2.05, 4.69) is 57.3 Å². The van der Waals surface area contributed by atoms with Crippen molar-refractivity contribution in [3.8, 4) is 0 Å². The highest BCUT2D eigenvalue weighted by Crippen LogP contribution is 2.19. The Morgan fingerprint density at radius 3 is 2.80 bits per heavy atom. The second-order valence-electron chi connectivity index (χ2n) is 4.23. The van der Waals surface area contributed by atoms with Crippen LogP contribution in [0.4, 0.5) is 5.69 Å². The van der Waals surface area contributed by atoms with Crippen LogP contribution < -0.4 is 10.2 Å². The van der Waals surface area contributed by atoms with Crippen LogP contribution >= 0.6 is 15.9 Å². The average Bonchev–Trinajstić information content (AvgIpc) is 2.44. The molecule has 15 heavy (non-hydrogen) atoms. The predicted octanol–water partition coefficient (Wildman–Crippen LogP) is 2.49. The minimum atomic E-state index is 0.719. The van der Waals surface area contributed by atoms with Gasteiger partial charge in [-0.3, -0.25) is 0 Å². The molecule has 1 aliphatic heterocycles. The van der Waals surface area contributed by atoms with E-state index in [0.717, 1.165) is 36.6 Å². The molecule has 1 aromatic carbocycles. The highest BCUT2D eigenvalue weighted by atomic mass is 79.9. The van der Waals surface area contributed by atoms with Crippen LogP contribution in [0, 0.1) is 5.92 Å². The summed E-state index contributed by atoms with van der Waals surface area (Å²) in [5.41, 5.74) is 1.33. The lowest BCUT2D eigenvalue weighted by atomic mass is 10.1. The first-order valence-corrected chi connectivity index (χ1v) is 6.26. The first kappa shape index (κ1) is 11.0. The quantitative estimate of drug-likeness (QED) is 0.842. The molecule has 1 saturated heterocycles. The first-order chi connectivity index (χ1) is 7.25. The number of benzene rings is 1. The smallest absolute Gasteiger partial charge is 0.0367 e. The molecule has 1 aromatic rings. The fourth-order valence-corrected chi connectivity index (χ4v) is 2.25. The Balaban J connectivity index is 2.11. The summed E-state index contributed by atoms with van der Waals surface area (Å²) in [6.07, 6.45) is 0. The molecule has 0 aromatic heterocycles. The van der Waals surface area contributed by atoms with Crippen molar-refractivity contribution in [1.82, 2.24) is 5.32 Å². The zero-order chi connectivity index (χ0) is 10.7. The minimum absolute atomic E-state index is 0.719. The van der Waals surface area contributed by atoms with Gasteiger partial charge in [0.1, 0.15) is 0 Å². The third kappa shape index (κ3) is 2.95. The van der Waals surface area contributed by atoms with Crippen LogP contribution in [-0.2, 0) is 0 Å². The van der Waals surface area contributed by atoms with E-state index in [4.69, 9.17) is 0 Å².